The lowest BCUT2D eigenvalue weighted by atomic mass is 10.8. The summed E-state index contributed by atoms with van der Waals surface area (Å²) >= 11 is 0. The van der Waals surface area contributed by atoms with E-state index in [1.54, 1.807) is 13.3 Å². The van der Waals surface area contributed by atoms with Gasteiger partial charge in [-0.1, -0.05) is 5.92 Å². The van der Waals surface area contributed by atoms with Gasteiger partial charge in [-0.3, -0.25) is 0 Å². The smallest absolute Gasteiger partial charge is 0.138 e. The van der Waals surface area contributed by atoms with Crippen LogP contribution in [0.1, 0.15) is 6.92 Å². The van der Waals surface area contributed by atoms with Gasteiger partial charge in [0.05, 0.1) is 0 Å². The van der Waals surface area contributed by atoms with Gasteiger partial charge >= 0.3 is 0 Å². The van der Waals surface area contributed by atoms with Gasteiger partial charge in [-0.2, -0.15) is 4.68 Å². The second kappa shape index (κ2) is 2.12. The Bertz CT molecular complexity index is 201. The maximum Gasteiger partial charge on any atom is 0.138 e. The fourth-order valence-corrected chi connectivity index (χ4v) is 0.381. The predicted molar refractivity (Wildman–Crippen MR) is 28.9 cm³/mol. The number of aromatic nitrogens is 3. The molecule has 0 saturated carbocycles. The quantitative estimate of drug-likeness (QED) is 0.440. The first-order chi connectivity index (χ1) is 3.93. The molecule has 0 aliphatic heterocycles. The summed E-state index contributed by atoms with van der Waals surface area (Å²) in [5, 5.41) is 3.74. The maximum absolute atomic E-state index is 3.74. The topological polar surface area (TPSA) is 30.7 Å². The van der Waals surface area contributed by atoms with E-state index >= 15 is 0 Å². The highest BCUT2D eigenvalue weighted by Crippen LogP contribution is 1.69. The van der Waals surface area contributed by atoms with Crippen LogP contribution in [-0.2, 0) is 0 Å². The predicted octanol–water partition coefficient (Wildman–Crippen LogP) is 0.107. The average Bonchev–Trinajstić information content (AvgIpc) is 2.19. The number of hydrogen-bond acceptors (Lipinski definition) is 2. The fraction of sp³-hybridized carbons (Fsp3) is 0.200. The van der Waals surface area contributed by atoms with E-state index in [9.17, 15) is 0 Å². The highest BCUT2D eigenvalue weighted by atomic mass is 15.3. The van der Waals surface area contributed by atoms with E-state index < -0.39 is 0 Å². The molecule has 1 rings (SSSR count). The minimum Gasteiger partial charge on any atom is -0.222 e. The van der Waals surface area contributed by atoms with E-state index in [1.807, 2.05) is 0 Å². The van der Waals surface area contributed by atoms with Crippen LogP contribution in [-0.4, -0.2) is 14.8 Å². The first-order valence-corrected chi connectivity index (χ1v) is 2.21. The normalized spacial score (nSPS) is 7.62. The average molecular weight is 107 g/mol. The van der Waals surface area contributed by atoms with Crippen molar-refractivity contribution in [1.29, 1.82) is 0 Å². The van der Waals surface area contributed by atoms with E-state index in [0.717, 1.165) is 0 Å². The number of nitrogens with zero attached hydrogens (tertiary/aromatic N) is 3. The molecule has 3 heteroatoms. The van der Waals surface area contributed by atoms with Gasteiger partial charge in [-0.25, -0.2) is 4.98 Å². The first kappa shape index (κ1) is 4.85. The van der Waals surface area contributed by atoms with E-state index in [-0.39, 0.29) is 0 Å². The van der Waals surface area contributed by atoms with Crippen molar-refractivity contribution in [1.82, 2.24) is 14.8 Å². The third kappa shape index (κ3) is 0.850. The summed E-state index contributed by atoms with van der Waals surface area (Å²) < 4.78 is 1.46. The third-order valence-electron chi connectivity index (χ3n) is 0.645. The Morgan fingerprint density at radius 2 is 2.50 bits per heavy atom. The molecular weight excluding hydrogens is 102 g/mol. The summed E-state index contributed by atoms with van der Waals surface area (Å²) in [4.78, 5) is 3.69. The van der Waals surface area contributed by atoms with Crippen LogP contribution in [0.5, 0.6) is 0 Å². The van der Waals surface area contributed by atoms with Crippen LogP contribution in [0.3, 0.4) is 0 Å². The van der Waals surface area contributed by atoms with E-state index in [2.05, 4.69) is 22.0 Å². The van der Waals surface area contributed by atoms with E-state index in [1.165, 1.54) is 11.0 Å². The Labute approximate surface area is 47.4 Å². The van der Waals surface area contributed by atoms with Gasteiger partial charge < -0.3 is 0 Å². The Morgan fingerprint density at radius 1 is 1.62 bits per heavy atom. The van der Waals surface area contributed by atoms with E-state index in [4.69, 9.17) is 0 Å². The zero-order valence-electron chi connectivity index (χ0n) is 4.50. The summed E-state index contributed by atoms with van der Waals surface area (Å²) in [7, 11) is 0. The Balaban J connectivity index is 2.88. The molecule has 0 unspecified atom stereocenters. The molecule has 1 heterocycles. The Kier molecular flexibility index (Phi) is 1.29. The highest BCUT2D eigenvalue weighted by Gasteiger charge is 1.76. The Morgan fingerprint density at radius 3 is 3.00 bits per heavy atom. The molecule has 0 aliphatic rings. The van der Waals surface area contributed by atoms with Gasteiger partial charge in [-0.05, 0) is 6.92 Å². The molecule has 0 aliphatic carbocycles. The lowest BCUT2D eigenvalue weighted by molar-refractivity contribution is 0.915. The molecule has 0 saturated heterocycles. The number of hydrogen-bond donors (Lipinski definition) is 0. The Hall–Kier alpha value is -1.30. The van der Waals surface area contributed by atoms with Crippen molar-refractivity contribution >= 4 is 0 Å². The molecule has 0 atom stereocenters. The van der Waals surface area contributed by atoms with Crippen molar-refractivity contribution in [3.05, 3.63) is 12.7 Å². The largest absolute Gasteiger partial charge is 0.222 e. The highest BCUT2D eigenvalue weighted by molar-refractivity contribution is 4.95. The zero-order valence-corrected chi connectivity index (χ0v) is 4.50. The van der Waals surface area contributed by atoms with E-state index in [0.29, 0.717) is 0 Å². The summed E-state index contributed by atoms with van der Waals surface area (Å²) in [5.41, 5.74) is 0. The van der Waals surface area contributed by atoms with Gasteiger partial charge in [0.1, 0.15) is 12.7 Å². The summed E-state index contributed by atoms with van der Waals surface area (Å²) in [6, 6.07) is 2.68. The molecule has 0 aromatic carbocycles. The van der Waals surface area contributed by atoms with Gasteiger partial charge in [0, 0.05) is 6.04 Å². The summed E-state index contributed by atoms with van der Waals surface area (Å²) in [5.74, 6) is 2.68. The van der Waals surface area contributed by atoms with Gasteiger partial charge in [-0.15, -0.1) is 5.10 Å². The monoisotopic (exact) mass is 107 g/mol. The molecule has 0 N–H and O–H groups in total. The minimum absolute atomic E-state index is 1.45. The summed E-state index contributed by atoms with van der Waals surface area (Å²) in [6.07, 6.45) is 3.00. The third-order valence-corrected chi connectivity index (χ3v) is 0.645. The molecule has 0 amide bonds. The van der Waals surface area contributed by atoms with Crippen LogP contribution in [0.4, 0.5) is 0 Å². The minimum atomic E-state index is 1.45. The maximum atomic E-state index is 3.74. The van der Waals surface area contributed by atoms with Crippen molar-refractivity contribution in [2.45, 2.75) is 6.92 Å². The van der Waals surface area contributed by atoms with Crippen molar-refractivity contribution in [2.24, 2.45) is 0 Å². The molecule has 1 aromatic rings. The van der Waals surface area contributed by atoms with Crippen molar-refractivity contribution in [3.63, 3.8) is 0 Å². The molecule has 0 bridgehead atoms. The molecule has 0 radical (unpaired) electrons. The molecule has 3 nitrogen and oxygen atoms in total. The van der Waals surface area contributed by atoms with Gasteiger partial charge in [0.15, 0.2) is 0 Å². The zero-order chi connectivity index (χ0) is 5.82. The van der Waals surface area contributed by atoms with Crippen LogP contribution < -0.4 is 0 Å². The lowest BCUT2D eigenvalue weighted by Crippen LogP contribution is -1.85. The molecular formula is C5H5N3. The van der Waals surface area contributed by atoms with Crippen molar-refractivity contribution in [2.75, 3.05) is 0 Å². The van der Waals surface area contributed by atoms with Crippen molar-refractivity contribution < 1.29 is 0 Å². The molecule has 0 fully saturated rings. The van der Waals surface area contributed by atoms with Crippen LogP contribution in [0, 0.1) is 12.0 Å². The molecule has 40 valence electrons. The molecule has 0 spiro atoms. The van der Waals surface area contributed by atoms with Crippen LogP contribution >= 0.6 is 0 Å². The summed E-state index contributed by atoms with van der Waals surface area (Å²) in [6.45, 7) is 1.75. The number of rotatable bonds is 0. The molecule has 8 heavy (non-hydrogen) atoms. The molecule has 1 aromatic heterocycles. The second-order valence-electron chi connectivity index (χ2n) is 1.20. The van der Waals surface area contributed by atoms with Crippen LogP contribution in [0.2, 0.25) is 0 Å². The van der Waals surface area contributed by atoms with Crippen molar-refractivity contribution in [3.8, 4) is 12.0 Å². The lowest BCUT2D eigenvalue weighted by Gasteiger charge is -1.75. The standard InChI is InChI=1S/C5H5N3/c1-2-3-8-5-6-4-7-8/h4-5H,1H3. The van der Waals surface area contributed by atoms with Gasteiger partial charge in [0.25, 0.3) is 0 Å². The second-order valence-corrected chi connectivity index (χ2v) is 1.20. The first-order valence-electron chi connectivity index (χ1n) is 2.21. The fourth-order valence-electron chi connectivity index (χ4n) is 0.381. The SMILES string of the molecule is CC#Cn1cncn1. The van der Waals surface area contributed by atoms with Gasteiger partial charge in [0.2, 0.25) is 0 Å². The van der Waals surface area contributed by atoms with Crippen LogP contribution in [0.25, 0.3) is 0 Å². The van der Waals surface area contributed by atoms with Crippen LogP contribution in [0.15, 0.2) is 12.7 Å².